The van der Waals surface area contributed by atoms with Gasteiger partial charge in [0, 0.05) is 24.1 Å². The van der Waals surface area contributed by atoms with Crippen LogP contribution in [-0.4, -0.2) is 32.5 Å². The van der Waals surface area contributed by atoms with E-state index in [0.717, 1.165) is 32.8 Å². The van der Waals surface area contributed by atoms with E-state index < -0.39 is 0 Å². The van der Waals surface area contributed by atoms with E-state index in [1.165, 1.54) is 35.0 Å². The number of hydrogen-bond donors (Lipinski definition) is 1. The summed E-state index contributed by atoms with van der Waals surface area (Å²) in [5, 5.41) is 3.71. The van der Waals surface area contributed by atoms with E-state index in [-0.39, 0.29) is 0 Å². The molecule has 118 valence electrons. The first-order valence-electron chi connectivity index (χ1n) is 8.04. The number of aryl methyl sites for hydroxylation is 1. The normalized spacial score (nSPS) is 25.2. The van der Waals surface area contributed by atoms with Gasteiger partial charge in [0.15, 0.2) is 0 Å². The molecule has 0 amide bonds. The number of nitrogens with one attached hydrogen (secondary N) is 1. The van der Waals surface area contributed by atoms with Gasteiger partial charge in [-0.3, -0.25) is 0 Å². The Balaban J connectivity index is 1.32. The lowest BCUT2D eigenvalue weighted by molar-refractivity contribution is 0.0165. The summed E-state index contributed by atoms with van der Waals surface area (Å²) in [5.41, 5.74) is 1.55. The Hall–Kier alpha value is 0.310. The minimum absolute atomic E-state index is 0.353. The van der Waals surface area contributed by atoms with Gasteiger partial charge in [-0.2, -0.15) is 0 Å². The van der Waals surface area contributed by atoms with Crippen LogP contribution in [0.5, 0.6) is 0 Å². The number of rotatable bonds is 7. The van der Waals surface area contributed by atoms with Gasteiger partial charge in [0.2, 0.25) is 0 Å². The van der Waals surface area contributed by atoms with Crippen molar-refractivity contribution >= 4 is 33.9 Å². The zero-order valence-corrected chi connectivity index (χ0v) is 15.4. The summed E-state index contributed by atoms with van der Waals surface area (Å²) in [6.45, 7) is 3.57. The summed E-state index contributed by atoms with van der Waals surface area (Å²) >= 11 is 4.41. The van der Waals surface area contributed by atoms with E-state index in [9.17, 15) is 0 Å². The van der Waals surface area contributed by atoms with Crippen LogP contribution in [0.3, 0.4) is 0 Å². The summed E-state index contributed by atoms with van der Waals surface area (Å²) in [5.74, 6) is 0. The van der Waals surface area contributed by atoms with E-state index in [4.69, 9.17) is 9.47 Å². The van der Waals surface area contributed by atoms with Crippen LogP contribution in [0.4, 0.5) is 0 Å². The molecule has 1 aliphatic carbocycles. The van der Waals surface area contributed by atoms with E-state index >= 15 is 0 Å². The average molecular weight is 421 g/mol. The summed E-state index contributed by atoms with van der Waals surface area (Å²) in [6, 6.07) is 2.93. The van der Waals surface area contributed by atoms with Crippen molar-refractivity contribution in [2.24, 2.45) is 0 Å². The minimum Gasteiger partial charge on any atom is -0.379 e. The van der Waals surface area contributed by atoms with Crippen molar-refractivity contribution in [1.82, 2.24) is 5.32 Å². The van der Waals surface area contributed by atoms with Crippen LogP contribution in [0, 0.1) is 2.88 Å². The van der Waals surface area contributed by atoms with Crippen molar-refractivity contribution in [2.45, 2.75) is 50.7 Å². The summed E-state index contributed by atoms with van der Waals surface area (Å²) in [7, 11) is 0. The molecule has 1 aliphatic heterocycles. The highest BCUT2D eigenvalue weighted by Crippen LogP contribution is 2.36. The summed E-state index contributed by atoms with van der Waals surface area (Å²) in [4.78, 5) is 1.60. The van der Waals surface area contributed by atoms with Gasteiger partial charge < -0.3 is 14.8 Å². The molecule has 1 aromatic heterocycles. The molecular weight excluding hydrogens is 397 g/mol. The third-order valence-corrected chi connectivity index (χ3v) is 6.24. The van der Waals surface area contributed by atoms with Crippen LogP contribution in [-0.2, 0) is 15.9 Å². The predicted octanol–water partition coefficient (Wildman–Crippen LogP) is 3.91. The van der Waals surface area contributed by atoms with Crippen molar-refractivity contribution in [3.63, 3.8) is 0 Å². The molecule has 0 bridgehead atoms. The van der Waals surface area contributed by atoms with Crippen LogP contribution in [0.25, 0.3) is 0 Å². The largest absolute Gasteiger partial charge is 0.379 e. The van der Waals surface area contributed by atoms with Gasteiger partial charge in [-0.25, -0.2) is 0 Å². The maximum atomic E-state index is 5.72. The van der Waals surface area contributed by atoms with Gasteiger partial charge in [0.25, 0.3) is 0 Å². The van der Waals surface area contributed by atoms with E-state index in [1.54, 1.807) is 10.4 Å². The van der Waals surface area contributed by atoms with Crippen molar-refractivity contribution in [1.29, 1.82) is 0 Å². The minimum atomic E-state index is 0.353. The fraction of sp³-hybridized carbons (Fsp3) is 0.750. The first-order valence-corrected chi connectivity index (χ1v) is 9.93. The Morgan fingerprint density at radius 3 is 3.19 bits per heavy atom. The molecule has 1 aromatic rings. The maximum absolute atomic E-state index is 5.72. The molecule has 1 saturated heterocycles. The van der Waals surface area contributed by atoms with Gasteiger partial charge in [0.05, 0.1) is 15.6 Å². The predicted molar refractivity (Wildman–Crippen MR) is 95.1 cm³/mol. The topological polar surface area (TPSA) is 30.5 Å². The van der Waals surface area contributed by atoms with Crippen molar-refractivity contribution in [3.8, 4) is 0 Å². The lowest BCUT2D eigenvalue weighted by atomic mass is 9.94. The van der Waals surface area contributed by atoms with Gasteiger partial charge in [0.1, 0.15) is 0 Å². The average Bonchev–Trinajstić information content (AvgIpc) is 3.11. The van der Waals surface area contributed by atoms with Crippen LogP contribution in [0.2, 0.25) is 0 Å². The van der Waals surface area contributed by atoms with Crippen LogP contribution < -0.4 is 5.32 Å². The quantitative estimate of drug-likeness (QED) is 0.535. The fourth-order valence-electron chi connectivity index (χ4n) is 3.17. The van der Waals surface area contributed by atoms with Crippen LogP contribution >= 0.6 is 33.9 Å². The van der Waals surface area contributed by atoms with E-state index in [0.29, 0.717) is 12.1 Å². The Morgan fingerprint density at radius 1 is 1.38 bits per heavy atom. The van der Waals surface area contributed by atoms with Crippen molar-refractivity contribution in [2.75, 3.05) is 26.4 Å². The number of hydrogen-bond acceptors (Lipinski definition) is 4. The molecule has 3 nitrogen and oxygen atoms in total. The van der Waals surface area contributed by atoms with Gasteiger partial charge in [-0.15, -0.1) is 11.3 Å². The van der Waals surface area contributed by atoms with Gasteiger partial charge in [-0.05, 0) is 79.3 Å². The molecule has 2 aliphatic rings. The molecule has 0 saturated carbocycles. The highest BCUT2D eigenvalue weighted by molar-refractivity contribution is 14.1. The second-order valence-electron chi connectivity index (χ2n) is 5.89. The maximum Gasteiger partial charge on any atom is 0.0809 e. The molecule has 5 heteroatoms. The van der Waals surface area contributed by atoms with Gasteiger partial charge >= 0.3 is 0 Å². The SMILES string of the molecule is Ic1cc2c(s1)CCCC2NCCCOCC1CCCO1. The molecule has 1 fully saturated rings. The first kappa shape index (κ1) is 16.2. The smallest absolute Gasteiger partial charge is 0.0809 e. The van der Waals surface area contributed by atoms with Crippen molar-refractivity contribution < 1.29 is 9.47 Å². The van der Waals surface area contributed by atoms with E-state index in [1.807, 2.05) is 11.3 Å². The highest BCUT2D eigenvalue weighted by Gasteiger charge is 2.22. The Kier molecular flexibility index (Phi) is 6.35. The Morgan fingerprint density at radius 2 is 2.33 bits per heavy atom. The highest BCUT2D eigenvalue weighted by atomic mass is 127. The summed E-state index contributed by atoms with van der Waals surface area (Å²) in [6.07, 6.45) is 7.66. The molecule has 2 atom stereocenters. The number of halogens is 1. The van der Waals surface area contributed by atoms with E-state index in [2.05, 4.69) is 34.0 Å². The first-order chi connectivity index (χ1) is 10.3. The molecule has 0 spiro atoms. The molecular formula is C16H24INO2S. The van der Waals surface area contributed by atoms with Crippen LogP contribution in [0.1, 0.15) is 48.6 Å². The second-order valence-corrected chi connectivity index (χ2v) is 8.92. The monoisotopic (exact) mass is 421 g/mol. The zero-order chi connectivity index (χ0) is 14.5. The molecule has 0 radical (unpaired) electrons. The molecule has 3 rings (SSSR count). The Labute approximate surface area is 144 Å². The zero-order valence-electron chi connectivity index (χ0n) is 12.4. The second kappa shape index (κ2) is 8.24. The standard InChI is InChI=1S/C16H24INO2S/c17-16-10-13-14(5-1-6-15(13)21-16)18-7-3-8-19-11-12-4-2-9-20-12/h10,12,14,18H,1-9,11H2. The number of fused-ring (bicyclic) bond motifs is 1. The molecule has 2 heterocycles. The van der Waals surface area contributed by atoms with Gasteiger partial charge in [-0.1, -0.05) is 0 Å². The van der Waals surface area contributed by atoms with Crippen molar-refractivity contribution in [3.05, 3.63) is 19.4 Å². The third kappa shape index (κ3) is 4.64. The number of thiophene rings is 1. The molecule has 21 heavy (non-hydrogen) atoms. The molecule has 0 aromatic carbocycles. The van der Waals surface area contributed by atoms with Crippen LogP contribution in [0.15, 0.2) is 6.07 Å². The molecule has 2 unspecified atom stereocenters. The third-order valence-electron chi connectivity index (χ3n) is 4.27. The lowest BCUT2D eigenvalue weighted by Gasteiger charge is -2.23. The summed E-state index contributed by atoms with van der Waals surface area (Å²) < 4.78 is 12.7. The fourth-order valence-corrected chi connectivity index (χ4v) is 5.29. The molecule has 1 N–H and O–H groups in total. The number of ether oxygens (including phenoxy) is 2. The Bertz CT molecular complexity index is 445. The lowest BCUT2D eigenvalue weighted by Crippen LogP contribution is -2.26.